The van der Waals surface area contributed by atoms with E-state index in [-0.39, 0.29) is 0 Å². The predicted octanol–water partition coefficient (Wildman–Crippen LogP) is 17.5. The summed E-state index contributed by atoms with van der Waals surface area (Å²) < 4.78 is 10.9. The van der Waals surface area contributed by atoms with E-state index in [1.807, 2.05) is 0 Å². The molecule has 0 saturated carbocycles. The Balaban J connectivity index is 1.33. The highest BCUT2D eigenvalue weighted by Gasteiger charge is 2.36. The largest absolute Gasteiger partial charge is 0.306 e. The van der Waals surface area contributed by atoms with Crippen LogP contribution in [0.5, 0.6) is 0 Å². The van der Waals surface area contributed by atoms with Crippen LogP contribution in [0.25, 0.3) is 131 Å². The molecular formula is C66H44N6S. The van der Waals surface area contributed by atoms with Crippen LogP contribution in [-0.2, 0) is 0 Å². The maximum Gasteiger partial charge on any atom is 0.128 e. The van der Waals surface area contributed by atoms with Gasteiger partial charge in [-0.05, 0) is 113 Å². The van der Waals surface area contributed by atoms with Gasteiger partial charge >= 0.3 is 0 Å². The highest BCUT2D eigenvalue weighted by Crippen LogP contribution is 2.52. The van der Waals surface area contributed by atoms with Crippen molar-refractivity contribution in [3.63, 3.8) is 0 Å². The van der Waals surface area contributed by atoms with Gasteiger partial charge in [-0.2, -0.15) is 5.26 Å². The number of hydrogen-bond donors (Lipinski definition) is 0. The molecule has 73 heavy (non-hydrogen) atoms. The first kappa shape index (κ1) is 41.6. The van der Waals surface area contributed by atoms with Crippen molar-refractivity contribution in [2.45, 2.75) is 27.7 Å². The highest BCUT2D eigenvalue weighted by atomic mass is 32.1. The van der Waals surface area contributed by atoms with E-state index in [0.29, 0.717) is 5.56 Å². The summed E-state index contributed by atoms with van der Waals surface area (Å²) in [6, 6.07) is 73.6. The standard InChI is InChI=1S/C66H44N6S/c1-38-25-29-56-46(33-38)42-15-5-10-20-52(42)69(56)62-50(37-67)61(66-68-51-19-9-14-24-60(51)73-66)63(70-53-21-11-6-16-43(53)47-34-39(2)26-30-57(47)70)65(72-55-23-13-8-18-45(55)49-36-41(4)28-32-59(49)72)64(62)71-54-22-12-7-17-44(54)48-35-40(3)27-31-58(48)71/h5-36H,1-4H3. The van der Waals surface area contributed by atoms with Crippen molar-refractivity contribution in [3.8, 4) is 39.4 Å². The van der Waals surface area contributed by atoms with Gasteiger partial charge in [0.25, 0.3) is 0 Å². The van der Waals surface area contributed by atoms with E-state index in [9.17, 15) is 5.26 Å². The number of rotatable bonds is 5. The minimum absolute atomic E-state index is 0.531. The van der Waals surface area contributed by atoms with Crippen LogP contribution in [0.3, 0.4) is 0 Å². The number of thiazole rings is 1. The van der Waals surface area contributed by atoms with Crippen LogP contribution in [0.1, 0.15) is 27.8 Å². The van der Waals surface area contributed by atoms with Gasteiger partial charge in [0.15, 0.2) is 0 Å². The monoisotopic (exact) mass is 952 g/mol. The van der Waals surface area contributed by atoms with E-state index in [1.165, 1.54) is 22.3 Å². The Labute approximate surface area is 424 Å². The van der Waals surface area contributed by atoms with Gasteiger partial charge in [-0.15, -0.1) is 11.3 Å². The first-order chi connectivity index (χ1) is 35.8. The van der Waals surface area contributed by atoms with Crippen LogP contribution in [-0.4, -0.2) is 23.3 Å². The summed E-state index contributed by atoms with van der Waals surface area (Å²) in [6.45, 7) is 8.68. The molecule has 0 radical (unpaired) electrons. The number of nitriles is 1. The lowest BCUT2D eigenvalue weighted by atomic mass is 9.97. The van der Waals surface area contributed by atoms with Gasteiger partial charge in [-0.25, -0.2) is 4.98 Å². The fourth-order valence-electron chi connectivity index (χ4n) is 12.2. The van der Waals surface area contributed by atoms with Crippen LogP contribution in [0, 0.1) is 39.0 Å². The van der Waals surface area contributed by atoms with E-state index in [2.05, 4.69) is 246 Å². The summed E-state index contributed by atoms with van der Waals surface area (Å²) in [5, 5.41) is 22.5. The topological polar surface area (TPSA) is 56.4 Å². The quantitative estimate of drug-likeness (QED) is 0.173. The summed E-state index contributed by atoms with van der Waals surface area (Å²) in [4.78, 5) is 5.58. The average molecular weight is 953 g/mol. The molecular weight excluding hydrogens is 909 g/mol. The van der Waals surface area contributed by atoms with E-state index >= 15 is 0 Å². The van der Waals surface area contributed by atoms with Crippen molar-refractivity contribution in [1.82, 2.24) is 23.3 Å². The summed E-state index contributed by atoms with van der Waals surface area (Å²) in [6.07, 6.45) is 0. The van der Waals surface area contributed by atoms with Gasteiger partial charge in [-0.1, -0.05) is 131 Å². The second kappa shape index (κ2) is 15.4. The Morgan fingerprint density at radius 3 is 1.08 bits per heavy atom. The first-order valence-electron chi connectivity index (χ1n) is 24.9. The molecule has 15 rings (SSSR count). The number of nitrogens with zero attached hydrogens (tertiary/aromatic N) is 6. The number of para-hydroxylation sites is 5. The third-order valence-electron chi connectivity index (χ3n) is 15.2. The molecule has 6 nitrogen and oxygen atoms in total. The Hall–Kier alpha value is -9.22. The number of hydrogen-bond acceptors (Lipinski definition) is 3. The Morgan fingerprint density at radius 2 is 0.685 bits per heavy atom. The molecule has 5 heterocycles. The molecule has 0 aliphatic heterocycles. The van der Waals surface area contributed by atoms with Crippen LogP contribution in [0.2, 0.25) is 0 Å². The summed E-state index contributed by atoms with van der Waals surface area (Å²) in [5.74, 6) is 0. The summed E-state index contributed by atoms with van der Waals surface area (Å²) in [7, 11) is 0. The second-order valence-electron chi connectivity index (χ2n) is 19.7. The Morgan fingerprint density at radius 1 is 0.356 bits per heavy atom. The molecule has 15 aromatic rings. The van der Waals surface area contributed by atoms with E-state index in [4.69, 9.17) is 4.98 Å². The molecule has 0 amide bonds. The van der Waals surface area contributed by atoms with Crippen molar-refractivity contribution in [2.24, 2.45) is 0 Å². The second-order valence-corrected chi connectivity index (χ2v) is 20.8. The van der Waals surface area contributed by atoms with Crippen molar-refractivity contribution in [2.75, 3.05) is 0 Å². The third kappa shape index (κ3) is 5.81. The molecule has 10 aromatic carbocycles. The maximum absolute atomic E-state index is 12.7. The van der Waals surface area contributed by atoms with Gasteiger partial charge in [-0.3, -0.25) is 0 Å². The lowest BCUT2D eigenvalue weighted by Gasteiger charge is -2.29. The Kier molecular flexibility index (Phi) is 8.76. The summed E-state index contributed by atoms with van der Waals surface area (Å²) >= 11 is 1.64. The van der Waals surface area contributed by atoms with Gasteiger partial charge in [0.1, 0.15) is 11.1 Å². The van der Waals surface area contributed by atoms with E-state index in [1.54, 1.807) is 11.3 Å². The van der Waals surface area contributed by atoms with Crippen molar-refractivity contribution in [1.29, 1.82) is 5.26 Å². The fourth-order valence-corrected chi connectivity index (χ4v) is 13.2. The van der Waals surface area contributed by atoms with E-state index in [0.717, 1.165) is 131 Å². The minimum atomic E-state index is 0.531. The van der Waals surface area contributed by atoms with Gasteiger partial charge in [0.2, 0.25) is 0 Å². The van der Waals surface area contributed by atoms with Crippen LogP contribution in [0.4, 0.5) is 0 Å². The van der Waals surface area contributed by atoms with Crippen LogP contribution >= 0.6 is 11.3 Å². The van der Waals surface area contributed by atoms with Crippen LogP contribution in [0.15, 0.2) is 194 Å². The number of benzene rings is 10. The molecule has 0 aliphatic rings. The molecule has 7 heteroatoms. The van der Waals surface area contributed by atoms with Crippen molar-refractivity contribution < 1.29 is 0 Å². The van der Waals surface area contributed by atoms with Crippen molar-refractivity contribution >= 4 is 109 Å². The van der Waals surface area contributed by atoms with Crippen LogP contribution < -0.4 is 0 Å². The smallest absolute Gasteiger partial charge is 0.128 e. The fraction of sp³-hybridized carbons (Fsp3) is 0.0606. The number of fused-ring (bicyclic) bond motifs is 13. The zero-order valence-electron chi connectivity index (χ0n) is 40.6. The zero-order valence-corrected chi connectivity index (χ0v) is 41.4. The number of aromatic nitrogens is 5. The minimum Gasteiger partial charge on any atom is -0.306 e. The average Bonchev–Trinajstić information content (AvgIpc) is 4.22. The predicted molar refractivity (Wildman–Crippen MR) is 306 cm³/mol. The number of aryl methyl sites for hydroxylation is 4. The molecule has 5 aromatic heterocycles. The van der Waals surface area contributed by atoms with Crippen molar-refractivity contribution in [3.05, 3.63) is 222 Å². The molecule has 0 bridgehead atoms. The molecule has 0 aliphatic carbocycles. The van der Waals surface area contributed by atoms with E-state index < -0.39 is 0 Å². The molecule has 0 atom stereocenters. The Bertz CT molecular complexity index is 4890. The molecule has 0 saturated heterocycles. The molecule has 344 valence electrons. The lowest BCUT2D eigenvalue weighted by molar-refractivity contribution is 1.02. The summed E-state index contributed by atoms with van der Waals surface area (Å²) in [5.41, 5.74) is 18.7. The SMILES string of the molecule is Cc1ccc2c(c1)c1ccccc1n2-c1c(C#N)c(-c2nc3ccccc3s2)c(-n2c3ccccc3c3cc(C)ccc32)c(-n2c3ccccc3c3cc(C)ccc32)c1-n1c2ccccc2c2cc(C)ccc21. The van der Waals surface area contributed by atoms with Gasteiger partial charge < -0.3 is 18.3 Å². The maximum atomic E-state index is 12.7. The highest BCUT2D eigenvalue weighted by molar-refractivity contribution is 7.21. The van der Waals surface area contributed by atoms with Gasteiger partial charge in [0.05, 0.1) is 88.2 Å². The zero-order chi connectivity index (χ0) is 48.8. The third-order valence-corrected chi connectivity index (χ3v) is 16.3. The lowest BCUT2D eigenvalue weighted by Crippen LogP contribution is -2.16. The molecule has 0 spiro atoms. The van der Waals surface area contributed by atoms with Gasteiger partial charge in [0, 0.05) is 43.1 Å². The first-order valence-corrected chi connectivity index (χ1v) is 25.7. The normalized spacial score (nSPS) is 12.1. The molecule has 0 N–H and O–H groups in total. The molecule has 0 unspecified atom stereocenters. The molecule has 0 fully saturated rings.